The summed E-state index contributed by atoms with van der Waals surface area (Å²) in [5.41, 5.74) is 3.60. The van der Waals surface area contributed by atoms with E-state index in [2.05, 4.69) is 57.8 Å². The molecule has 0 aliphatic carbocycles. The third kappa shape index (κ3) is 5.71. The van der Waals surface area contributed by atoms with Crippen LogP contribution in [0.15, 0.2) is 40.9 Å². The van der Waals surface area contributed by atoms with E-state index in [1.807, 2.05) is 12.1 Å². The Bertz CT molecular complexity index is 745. The molecule has 2 aromatic rings. The lowest BCUT2D eigenvalue weighted by Gasteiger charge is -2.23. The molecule has 0 atom stereocenters. The molecule has 5 heteroatoms. The first-order valence-corrected chi connectivity index (χ1v) is 10.4. The van der Waals surface area contributed by atoms with Crippen LogP contribution in [0.3, 0.4) is 0 Å². The van der Waals surface area contributed by atoms with Gasteiger partial charge >= 0.3 is 0 Å². The normalized spacial score (nSPS) is 14.9. The Labute approximate surface area is 170 Å². The third-order valence-corrected chi connectivity index (χ3v) is 5.73. The number of benzene rings is 2. The van der Waals surface area contributed by atoms with Gasteiger partial charge in [0.05, 0.1) is 11.6 Å². The number of aryl methyl sites for hydroxylation is 1. The fourth-order valence-electron chi connectivity index (χ4n) is 3.44. The highest BCUT2D eigenvalue weighted by Gasteiger charge is 2.14. The summed E-state index contributed by atoms with van der Waals surface area (Å²) in [6, 6.07) is 12.4. The molecule has 1 aliphatic rings. The molecule has 2 N–H and O–H groups in total. The van der Waals surface area contributed by atoms with Crippen LogP contribution in [-0.4, -0.2) is 26.7 Å². The molecule has 1 saturated heterocycles. The van der Waals surface area contributed by atoms with E-state index < -0.39 is 0 Å². The molecular formula is C22H29BrN2O2. The van der Waals surface area contributed by atoms with Crippen molar-refractivity contribution in [3.05, 3.63) is 57.6 Å². The molecule has 27 heavy (non-hydrogen) atoms. The second-order valence-electron chi connectivity index (χ2n) is 7.15. The second kappa shape index (κ2) is 10.1. The molecule has 1 heterocycles. The van der Waals surface area contributed by atoms with Crippen molar-refractivity contribution in [3.8, 4) is 11.5 Å². The summed E-state index contributed by atoms with van der Waals surface area (Å²) in [4.78, 5) is 0. The van der Waals surface area contributed by atoms with Crippen molar-refractivity contribution in [1.82, 2.24) is 10.6 Å². The van der Waals surface area contributed by atoms with Crippen LogP contribution in [0.5, 0.6) is 11.5 Å². The van der Waals surface area contributed by atoms with Crippen LogP contribution in [0.4, 0.5) is 0 Å². The predicted molar refractivity (Wildman–Crippen MR) is 114 cm³/mol. The van der Waals surface area contributed by atoms with Gasteiger partial charge < -0.3 is 20.1 Å². The molecule has 1 aliphatic heterocycles. The van der Waals surface area contributed by atoms with Gasteiger partial charge in [0.2, 0.25) is 0 Å². The lowest BCUT2D eigenvalue weighted by molar-refractivity contribution is 0.281. The number of piperidine rings is 1. The van der Waals surface area contributed by atoms with Crippen molar-refractivity contribution in [3.63, 3.8) is 0 Å². The molecule has 2 aromatic carbocycles. The van der Waals surface area contributed by atoms with Crippen molar-refractivity contribution < 1.29 is 9.47 Å². The highest BCUT2D eigenvalue weighted by Crippen LogP contribution is 2.37. The summed E-state index contributed by atoms with van der Waals surface area (Å²) in [5, 5.41) is 7.00. The summed E-state index contributed by atoms with van der Waals surface area (Å²) < 4.78 is 12.6. The average Bonchev–Trinajstić information content (AvgIpc) is 2.69. The van der Waals surface area contributed by atoms with Crippen molar-refractivity contribution in [1.29, 1.82) is 0 Å². The Morgan fingerprint density at radius 2 is 1.96 bits per heavy atom. The fraction of sp³-hybridized carbons (Fsp3) is 0.455. The number of nitrogens with one attached hydrogen (secondary N) is 2. The zero-order valence-corrected chi connectivity index (χ0v) is 17.8. The first-order valence-electron chi connectivity index (χ1n) is 9.62. The van der Waals surface area contributed by atoms with Gasteiger partial charge in [-0.3, -0.25) is 0 Å². The average molecular weight is 433 g/mol. The van der Waals surface area contributed by atoms with Crippen LogP contribution in [-0.2, 0) is 13.2 Å². The minimum absolute atomic E-state index is 0.523. The molecule has 0 aromatic heterocycles. The van der Waals surface area contributed by atoms with Crippen molar-refractivity contribution in [2.24, 2.45) is 5.92 Å². The zero-order valence-electron chi connectivity index (χ0n) is 16.2. The Hall–Kier alpha value is -1.56. The monoisotopic (exact) mass is 432 g/mol. The largest absolute Gasteiger partial charge is 0.493 e. The van der Waals surface area contributed by atoms with Gasteiger partial charge in [-0.15, -0.1) is 0 Å². The van der Waals surface area contributed by atoms with Crippen molar-refractivity contribution in [2.45, 2.75) is 32.9 Å². The maximum atomic E-state index is 6.08. The first kappa shape index (κ1) is 20.2. The van der Waals surface area contributed by atoms with E-state index in [1.165, 1.54) is 29.5 Å². The molecule has 0 saturated carbocycles. The maximum absolute atomic E-state index is 6.08. The van der Waals surface area contributed by atoms with Crippen LogP contribution < -0.4 is 20.1 Å². The SMILES string of the molecule is COc1cc(CNCC2CCNCC2)cc(Br)c1OCc1ccccc1C. The Balaban J connectivity index is 1.61. The molecule has 0 unspecified atom stereocenters. The van der Waals surface area contributed by atoms with Gasteiger partial charge in [-0.25, -0.2) is 0 Å². The van der Waals surface area contributed by atoms with Crippen molar-refractivity contribution in [2.75, 3.05) is 26.7 Å². The molecule has 0 radical (unpaired) electrons. The number of hydrogen-bond donors (Lipinski definition) is 2. The quantitative estimate of drug-likeness (QED) is 0.646. The number of methoxy groups -OCH3 is 1. The number of halogens is 1. The Kier molecular flexibility index (Phi) is 7.56. The topological polar surface area (TPSA) is 42.5 Å². The van der Waals surface area contributed by atoms with Crippen molar-refractivity contribution >= 4 is 15.9 Å². The van der Waals surface area contributed by atoms with Gasteiger partial charge in [-0.2, -0.15) is 0 Å². The van der Waals surface area contributed by atoms with Gasteiger partial charge in [-0.1, -0.05) is 24.3 Å². The summed E-state index contributed by atoms with van der Waals surface area (Å²) in [5.74, 6) is 2.28. The number of hydrogen-bond acceptors (Lipinski definition) is 4. The summed E-state index contributed by atoms with van der Waals surface area (Å²) in [6.07, 6.45) is 2.51. The Morgan fingerprint density at radius 1 is 1.19 bits per heavy atom. The van der Waals surface area contributed by atoms with Crippen LogP contribution in [0, 0.1) is 12.8 Å². The fourth-order valence-corrected chi connectivity index (χ4v) is 4.05. The minimum Gasteiger partial charge on any atom is -0.493 e. The molecule has 0 bridgehead atoms. The van der Waals surface area contributed by atoms with E-state index in [4.69, 9.17) is 9.47 Å². The Morgan fingerprint density at radius 3 is 2.70 bits per heavy atom. The van der Waals surface area contributed by atoms with E-state index in [0.29, 0.717) is 6.61 Å². The van der Waals surface area contributed by atoms with E-state index in [0.717, 1.165) is 48.1 Å². The smallest absolute Gasteiger partial charge is 0.175 e. The highest BCUT2D eigenvalue weighted by molar-refractivity contribution is 9.10. The number of rotatable bonds is 8. The number of ether oxygens (including phenoxy) is 2. The van der Waals surface area contributed by atoms with Gasteiger partial charge in [0.1, 0.15) is 6.61 Å². The summed E-state index contributed by atoms with van der Waals surface area (Å²) >= 11 is 3.66. The van der Waals surface area contributed by atoms with Crippen LogP contribution in [0.1, 0.15) is 29.5 Å². The molecule has 0 spiro atoms. The van der Waals surface area contributed by atoms with Crippen LogP contribution in [0.25, 0.3) is 0 Å². The predicted octanol–water partition coefficient (Wildman–Crippen LogP) is 4.43. The van der Waals surface area contributed by atoms with E-state index in [9.17, 15) is 0 Å². The second-order valence-corrected chi connectivity index (χ2v) is 8.00. The van der Waals surface area contributed by atoms with E-state index >= 15 is 0 Å². The highest BCUT2D eigenvalue weighted by atomic mass is 79.9. The zero-order chi connectivity index (χ0) is 19.1. The third-order valence-electron chi connectivity index (χ3n) is 5.14. The van der Waals surface area contributed by atoms with Crippen LogP contribution >= 0.6 is 15.9 Å². The van der Waals surface area contributed by atoms with Gasteiger partial charge in [-0.05, 0) is 90.1 Å². The lowest BCUT2D eigenvalue weighted by atomic mass is 9.98. The molecular weight excluding hydrogens is 404 g/mol. The first-order chi connectivity index (χ1) is 13.2. The lowest BCUT2D eigenvalue weighted by Crippen LogP contribution is -2.33. The molecule has 146 valence electrons. The van der Waals surface area contributed by atoms with Gasteiger partial charge in [0, 0.05) is 6.54 Å². The minimum atomic E-state index is 0.523. The maximum Gasteiger partial charge on any atom is 0.175 e. The van der Waals surface area contributed by atoms with Gasteiger partial charge in [0.15, 0.2) is 11.5 Å². The summed E-state index contributed by atoms with van der Waals surface area (Å²) in [7, 11) is 1.69. The standard InChI is InChI=1S/C22H29BrN2O2/c1-16-5-3-4-6-19(16)15-27-22-20(23)11-18(12-21(22)26-2)14-25-13-17-7-9-24-10-8-17/h3-6,11-12,17,24-25H,7-10,13-15H2,1-2H3. The summed E-state index contributed by atoms with van der Waals surface area (Å²) in [6.45, 7) is 6.79. The molecule has 1 fully saturated rings. The molecule has 3 rings (SSSR count). The molecule has 4 nitrogen and oxygen atoms in total. The van der Waals surface area contributed by atoms with Crippen LogP contribution in [0.2, 0.25) is 0 Å². The van der Waals surface area contributed by atoms with E-state index in [1.54, 1.807) is 7.11 Å². The molecule has 0 amide bonds. The van der Waals surface area contributed by atoms with E-state index in [-0.39, 0.29) is 0 Å². The van der Waals surface area contributed by atoms with Gasteiger partial charge in [0.25, 0.3) is 0 Å².